The van der Waals surface area contributed by atoms with Crippen LogP contribution in [-0.2, 0) is 17.9 Å². The van der Waals surface area contributed by atoms with Crippen LogP contribution in [0.2, 0.25) is 0 Å². The fourth-order valence-corrected chi connectivity index (χ4v) is 2.10. The minimum Gasteiger partial charge on any atom is -0.490 e. The average Bonchev–Trinajstić information content (AvgIpc) is 3.01. The molecule has 0 aliphatic rings. The Balaban J connectivity index is 2.01. The van der Waals surface area contributed by atoms with Crippen molar-refractivity contribution in [3.8, 4) is 11.5 Å². The van der Waals surface area contributed by atoms with Crippen LogP contribution in [0, 0.1) is 0 Å². The lowest BCUT2D eigenvalue weighted by molar-refractivity contribution is -0.137. The van der Waals surface area contributed by atoms with Gasteiger partial charge in [-0.3, -0.25) is 9.59 Å². The van der Waals surface area contributed by atoms with Crippen molar-refractivity contribution < 1.29 is 24.2 Å². The molecule has 0 saturated carbocycles. The van der Waals surface area contributed by atoms with E-state index in [0.29, 0.717) is 36.0 Å². The fraction of sp³-hybridized carbons (Fsp3) is 0.375. The van der Waals surface area contributed by atoms with E-state index >= 15 is 0 Å². The SMILES string of the molecule is CCOc1ccc(C(=O)NCc2cn(CC(=O)O)nn2)cc1OCC. The van der Waals surface area contributed by atoms with Crippen molar-refractivity contribution in [1.82, 2.24) is 20.3 Å². The summed E-state index contributed by atoms with van der Waals surface area (Å²) >= 11 is 0. The summed E-state index contributed by atoms with van der Waals surface area (Å²) in [5.74, 6) is -0.239. The molecule has 1 aromatic heterocycles. The van der Waals surface area contributed by atoms with Gasteiger partial charge < -0.3 is 19.9 Å². The highest BCUT2D eigenvalue weighted by atomic mass is 16.5. The van der Waals surface area contributed by atoms with Crippen LogP contribution >= 0.6 is 0 Å². The lowest BCUT2D eigenvalue weighted by Crippen LogP contribution is -2.23. The topological polar surface area (TPSA) is 116 Å². The maximum atomic E-state index is 12.3. The first-order chi connectivity index (χ1) is 12.0. The van der Waals surface area contributed by atoms with Crippen LogP contribution in [0.5, 0.6) is 11.5 Å². The summed E-state index contributed by atoms with van der Waals surface area (Å²) < 4.78 is 12.1. The molecule has 1 amide bonds. The molecule has 0 saturated heterocycles. The van der Waals surface area contributed by atoms with E-state index in [9.17, 15) is 9.59 Å². The van der Waals surface area contributed by atoms with Crippen molar-refractivity contribution in [2.24, 2.45) is 0 Å². The van der Waals surface area contributed by atoms with Crippen LogP contribution in [0.1, 0.15) is 29.9 Å². The molecule has 9 heteroatoms. The lowest BCUT2D eigenvalue weighted by atomic mass is 10.2. The second-order valence-corrected chi connectivity index (χ2v) is 5.01. The summed E-state index contributed by atoms with van der Waals surface area (Å²) in [6.45, 7) is 4.53. The molecule has 0 bridgehead atoms. The molecule has 0 radical (unpaired) electrons. The fourth-order valence-electron chi connectivity index (χ4n) is 2.10. The van der Waals surface area contributed by atoms with Crippen molar-refractivity contribution in [2.45, 2.75) is 26.9 Å². The van der Waals surface area contributed by atoms with Gasteiger partial charge in [0.1, 0.15) is 12.2 Å². The number of hydrogen-bond acceptors (Lipinski definition) is 6. The number of rotatable bonds is 9. The van der Waals surface area contributed by atoms with E-state index in [1.54, 1.807) is 18.2 Å². The summed E-state index contributed by atoms with van der Waals surface area (Å²) in [6.07, 6.45) is 1.47. The van der Waals surface area contributed by atoms with Crippen molar-refractivity contribution in [2.75, 3.05) is 13.2 Å². The molecule has 134 valence electrons. The Morgan fingerprint density at radius 3 is 2.60 bits per heavy atom. The molecule has 9 nitrogen and oxygen atoms in total. The van der Waals surface area contributed by atoms with Gasteiger partial charge in [-0.15, -0.1) is 5.10 Å². The Morgan fingerprint density at radius 2 is 1.92 bits per heavy atom. The highest BCUT2D eigenvalue weighted by Gasteiger charge is 2.12. The number of carboxylic acid groups (broad SMARTS) is 1. The van der Waals surface area contributed by atoms with Crippen molar-refractivity contribution in [1.29, 1.82) is 0 Å². The number of nitrogens with one attached hydrogen (secondary N) is 1. The molecule has 0 aliphatic heterocycles. The van der Waals surface area contributed by atoms with Gasteiger partial charge in [0.15, 0.2) is 11.5 Å². The number of hydrogen-bond donors (Lipinski definition) is 2. The molecule has 1 heterocycles. The third-order valence-corrected chi connectivity index (χ3v) is 3.12. The average molecular weight is 348 g/mol. The van der Waals surface area contributed by atoms with Crippen LogP contribution in [-0.4, -0.2) is 45.2 Å². The third-order valence-electron chi connectivity index (χ3n) is 3.12. The van der Waals surface area contributed by atoms with Gasteiger partial charge in [0.05, 0.1) is 26.0 Å². The number of ether oxygens (including phenoxy) is 2. The largest absolute Gasteiger partial charge is 0.490 e. The van der Waals surface area contributed by atoms with Gasteiger partial charge in [0, 0.05) is 5.56 Å². The maximum absolute atomic E-state index is 12.3. The number of nitrogens with zero attached hydrogens (tertiary/aromatic N) is 3. The summed E-state index contributed by atoms with van der Waals surface area (Å²) in [5, 5.41) is 18.9. The Morgan fingerprint density at radius 1 is 1.20 bits per heavy atom. The van der Waals surface area contributed by atoms with Crippen molar-refractivity contribution >= 4 is 11.9 Å². The first kappa shape index (κ1) is 18.2. The van der Waals surface area contributed by atoms with E-state index in [-0.39, 0.29) is 19.0 Å². The number of carbonyl (C=O) groups is 2. The van der Waals surface area contributed by atoms with Crippen LogP contribution in [0.15, 0.2) is 24.4 Å². The molecular formula is C16H20N4O5. The molecule has 0 spiro atoms. The summed E-state index contributed by atoms with van der Waals surface area (Å²) in [5.41, 5.74) is 0.885. The van der Waals surface area contributed by atoms with Crippen LogP contribution in [0.4, 0.5) is 0 Å². The van der Waals surface area contributed by atoms with Gasteiger partial charge in [-0.25, -0.2) is 4.68 Å². The molecule has 0 atom stereocenters. The minimum atomic E-state index is -1.02. The predicted octanol–water partition coefficient (Wildman–Crippen LogP) is 1.09. The van der Waals surface area contributed by atoms with Gasteiger partial charge in [0.25, 0.3) is 5.91 Å². The molecule has 0 fully saturated rings. The van der Waals surface area contributed by atoms with Crippen LogP contribution in [0.25, 0.3) is 0 Å². The molecule has 1 aromatic carbocycles. The number of aliphatic carboxylic acids is 1. The van der Waals surface area contributed by atoms with E-state index in [1.165, 1.54) is 10.9 Å². The minimum absolute atomic E-state index is 0.135. The van der Waals surface area contributed by atoms with E-state index in [0.717, 1.165) is 0 Å². The highest BCUT2D eigenvalue weighted by molar-refractivity contribution is 5.94. The first-order valence-corrected chi connectivity index (χ1v) is 7.82. The molecule has 25 heavy (non-hydrogen) atoms. The standard InChI is InChI=1S/C16H20N4O5/c1-3-24-13-6-5-11(7-14(13)25-4-2)16(23)17-8-12-9-20(19-18-12)10-15(21)22/h5-7,9H,3-4,8,10H2,1-2H3,(H,17,23)(H,21,22). The maximum Gasteiger partial charge on any atom is 0.325 e. The zero-order valence-corrected chi connectivity index (χ0v) is 14.1. The number of carbonyl (C=O) groups excluding carboxylic acids is 1. The van der Waals surface area contributed by atoms with Gasteiger partial charge >= 0.3 is 5.97 Å². The smallest absolute Gasteiger partial charge is 0.325 e. The normalized spacial score (nSPS) is 10.3. The summed E-state index contributed by atoms with van der Waals surface area (Å²) in [7, 11) is 0. The zero-order valence-electron chi connectivity index (χ0n) is 14.1. The monoisotopic (exact) mass is 348 g/mol. The highest BCUT2D eigenvalue weighted by Crippen LogP contribution is 2.28. The van der Waals surface area contributed by atoms with E-state index in [2.05, 4.69) is 15.6 Å². The predicted molar refractivity (Wildman–Crippen MR) is 87.6 cm³/mol. The molecule has 0 unspecified atom stereocenters. The van der Waals surface area contributed by atoms with Gasteiger partial charge in [-0.2, -0.15) is 0 Å². The van der Waals surface area contributed by atoms with Crippen LogP contribution < -0.4 is 14.8 Å². The summed E-state index contributed by atoms with van der Waals surface area (Å²) in [4.78, 5) is 22.9. The molecule has 2 N–H and O–H groups in total. The summed E-state index contributed by atoms with van der Waals surface area (Å²) in [6, 6.07) is 4.95. The number of aromatic nitrogens is 3. The lowest BCUT2D eigenvalue weighted by Gasteiger charge is -2.12. The second-order valence-electron chi connectivity index (χ2n) is 5.01. The Labute approximate surface area is 144 Å². The van der Waals surface area contributed by atoms with Crippen molar-refractivity contribution in [3.63, 3.8) is 0 Å². The number of benzene rings is 1. The molecule has 0 aliphatic carbocycles. The van der Waals surface area contributed by atoms with Gasteiger partial charge in [0.2, 0.25) is 0 Å². The Bertz CT molecular complexity index is 744. The second kappa shape index (κ2) is 8.67. The Hall–Kier alpha value is -3.10. The molecular weight excluding hydrogens is 328 g/mol. The number of amides is 1. The quantitative estimate of drug-likeness (QED) is 0.697. The first-order valence-electron chi connectivity index (χ1n) is 7.82. The van der Waals surface area contributed by atoms with Crippen molar-refractivity contribution in [3.05, 3.63) is 35.7 Å². The van der Waals surface area contributed by atoms with Gasteiger partial charge in [-0.1, -0.05) is 5.21 Å². The third kappa shape index (κ3) is 5.20. The molecule has 2 rings (SSSR count). The zero-order chi connectivity index (χ0) is 18.2. The van der Waals surface area contributed by atoms with Crippen LogP contribution in [0.3, 0.4) is 0 Å². The van der Waals surface area contributed by atoms with E-state index in [4.69, 9.17) is 14.6 Å². The Kier molecular flexibility index (Phi) is 6.33. The van der Waals surface area contributed by atoms with Gasteiger partial charge in [-0.05, 0) is 32.0 Å². The molecule has 2 aromatic rings. The number of carboxylic acids is 1. The van der Waals surface area contributed by atoms with E-state index in [1.807, 2.05) is 13.8 Å². The van der Waals surface area contributed by atoms with E-state index < -0.39 is 5.97 Å².